The molecule has 14 aromatic rings. The van der Waals surface area contributed by atoms with Gasteiger partial charge < -0.3 is 9.13 Å². The Morgan fingerprint density at radius 2 is 0.541 bits per heavy atom. The van der Waals surface area contributed by atoms with E-state index in [0.717, 1.165) is 72.5 Å². The summed E-state index contributed by atoms with van der Waals surface area (Å²) in [6.45, 7) is 0. The molecule has 0 unspecified atom stereocenters. The van der Waals surface area contributed by atoms with E-state index in [1.165, 1.54) is 43.7 Å². The third-order valence-corrected chi connectivity index (χ3v) is 14.4. The Bertz CT molecular complexity index is 4160. The summed E-state index contributed by atoms with van der Waals surface area (Å²) in [6.07, 6.45) is 0. The number of nitrogens with zero attached hydrogens (tertiary/aromatic N) is 5. The second-order valence-corrected chi connectivity index (χ2v) is 18.8. The first kappa shape index (κ1) is 42.9. The van der Waals surface area contributed by atoms with Crippen LogP contribution in [0.4, 0.5) is 0 Å². The molecule has 0 aliphatic heterocycles. The highest BCUT2D eigenvalue weighted by Crippen LogP contribution is 2.45. The lowest BCUT2D eigenvalue weighted by atomic mass is 9.91. The molecule has 3 aromatic heterocycles. The summed E-state index contributed by atoms with van der Waals surface area (Å²) in [5, 5.41) is 4.80. The highest BCUT2D eigenvalue weighted by Gasteiger charge is 2.24. The highest BCUT2D eigenvalue weighted by atomic mass is 15.0. The first-order chi connectivity index (χ1) is 36.7. The van der Waals surface area contributed by atoms with Crippen molar-refractivity contribution >= 4 is 43.6 Å². The first-order valence-electron chi connectivity index (χ1n) is 25.1. The smallest absolute Gasteiger partial charge is 0.164 e. The van der Waals surface area contributed by atoms with Gasteiger partial charge in [-0.2, -0.15) is 0 Å². The molecular formula is C69H45N5. The maximum atomic E-state index is 5.33. The molecule has 3 heterocycles. The molecule has 0 aliphatic carbocycles. The maximum absolute atomic E-state index is 5.33. The van der Waals surface area contributed by atoms with E-state index in [2.05, 4.69) is 246 Å². The summed E-state index contributed by atoms with van der Waals surface area (Å²) in [5.74, 6) is 1.81. The van der Waals surface area contributed by atoms with Gasteiger partial charge in [0.15, 0.2) is 17.5 Å². The van der Waals surface area contributed by atoms with Crippen molar-refractivity contribution in [2.24, 2.45) is 0 Å². The molecule has 0 aliphatic rings. The fraction of sp³-hybridized carbons (Fsp3) is 0. The molecule has 5 nitrogen and oxygen atoms in total. The molecule has 0 N–H and O–H groups in total. The summed E-state index contributed by atoms with van der Waals surface area (Å²) in [7, 11) is 0. The molecule has 74 heavy (non-hydrogen) atoms. The third-order valence-electron chi connectivity index (χ3n) is 14.4. The Labute approximate surface area is 428 Å². The van der Waals surface area contributed by atoms with Crippen LogP contribution in [0, 0.1) is 0 Å². The second kappa shape index (κ2) is 18.0. The van der Waals surface area contributed by atoms with Crippen LogP contribution in [0.2, 0.25) is 0 Å². The topological polar surface area (TPSA) is 48.5 Å². The lowest BCUT2D eigenvalue weighted by Crippen LogP contribution is -2.04. The largest absolute Gasteiger partial charge is 0.309 e. The van der Waals surface area contributed by atoms with E-state index < -0.39 is 0 Å². The van der Waals surface area contributed by atoms with Crippen molar-refractivity contribution in [3.05, 3.63) is 273 Å². The van der Waals surface area contributed by atoms with Crippen LogP contribution in [0.25, 0.3) is 134 Å². The van der Waals surface area contributed by atoms with Gasteiger partial charge in [0.25, 0.3) is 0 Å². The maximum Gasteiger partial charge on any atom is 0.164 e. The normalized spacial score (nSPS) is 11.5. The molecule has 0 atom stereocenters. The van der Waals surface area contributed by atoms with E-state index in [4.69, 9.17) is 15.0 Å². The molecule has 11 aromatic carbocycles. The van der Waals surface area contributed by atoms with Crippen LogP contribution in [-0.2, 0) is 0 Å². The molecule has 5 heteroatoms. The van der Waals surface area contributed by atoms with Crippen LogP contribution in [-0.4, -0.2) is 24.1 Å². The van der Waals surface area contributed by atoms with Crippen molar-refractivity contribution < 1.29 is 0 Å². The second-order valence-electron chi connectivity index (χ2n) is 18.8. The van der Waals surface area contributed by atoms with E-state index in [-0.39, 0.29) is 0 Å². The highest BCUT2D eigenvalue weighted by molar-refractivity contribution is 6.13. The van der Waals surface area contributed by atoms with Gasteiger partial charge in [0.2, 0.25) is 0 Å². The average Bonchev–Trinajstić information content (AvgIpc) is 4.00. The summed E-state index contributed by atoms with van der Waals surface area (Å²) in [6, 6.07) is 97.5. The van der Waals surface area contributed by atoms with Gasteiger partial charge >= 0.3 is 0 Å². The summed E-state index contributed by atoms with van der Waals surface area (Å²) >= 11 is 0. The Kier molecular flexibility index (Phi) is 10.4. The summed E-state index contributed by atoms with van der Waals surface area (Å²) in [5.41, 5.74) is 18.2. The van der Waals surface area contributed by atoms with Crippen molar-refractivity contribution in [2.75, 3.05) is 0 Å². The zero-order valence-corrected chi connectivity index (χ0v) is 40.2. The van der Waals surface area contributed by atoms with Gasteiger partial charge in [-0.15, -0.1) is 0 Å². The van der Waals surface area contributed by atoms with Gasteiger partial charge in [0, 0.05) is 55.0 Å². The quantitative estimate of drug-likeness (QED) is 0.145. The van der Waals surface area contributed by atoms with E-state index in [1.54, 1.807) is 0 Å². The number of hydrogen-bond acceptors (Lipinski definition) is 3. The van der Waals surface area contributed by atoms with Crippen molar-refractivity contribution in [2.45, 2.75) is 0 Å². The fourth-order valence-corrected chi connectivity index (χ4v) is 10.9. The fourth-order valence-electron chi connectivity index (χ4n) is 10.9. The van der Waals surface area contributed by atoms with Crippen LogP contribution >= 0.6 is 0 Å². The number of benzene rings is 11. The Hall–Kier alpha value is -9.97. The van der Waals surface area contributed by atoms with Gasteiger partial charge in [-0.25, -0.2) is 15.0 Å². The molecule has 0 fully saturated rings. The number of hydrogen-bond donors (Lipinski definition) is 0. The van der Waals surface area contributed by atoms with Gasteiger partial charge in [-0.3, -0.25) is 0 Å². The lowest BCUT2D eigenvalue weighted by Gasteiger charge is -2.22. The molecule has 0 saturated heterocycles. The predicted molar refractivity (Wildman–Crippen MR) is 307 cm³/mol. The zero-order chi connectivity index (χ0) is 49.0. The minimum absolute atomic E-state index is 0.587. The molecular weight excluding hydrogens is 899 g/mol. The molecule has 0 spiro atoms. The zero-order valence-electron chi connectivity index (χ0n) is 40.2. The van der Waals surface area contributed by atoms with Crippen molar-refractivity contribution in [3.63, 3.8) is 0 Å². The molecule has 0 radical (unpaired) electrons. The van der Waals surface area contributed by atoms with E-state index in [0.29, 0.717) is 17.5 Å². The SMILES string of the molecule is c1ccc(-c2ccc(-c3cc(-c4nc(-c5ccccc5)nc(-c5ccccc5)n4)cc(-c4ccc(-c5ccccc5)cc4)c3-n3c4ccccc4c4ccc(-n5c6ccccc6c6ccccc65)cc43)cc2)cc1. The van der Waals surface area contributed by atoms with Gasteiger partial charge in [0.05, 0.1) is 27.8 Å². The predicted octanol–water partition coefficient (Wildman–Crippen LogP) is 17.7. The minimum atomic E-state index is 0.587. The van der Waals surface area contributed by atoms with Gasteiger partial charge in [0.1, 0.15) is 0 Å². The van der Waals surface area contributed by atoms with E-state index in [1.807, 2.05) is 36.4 Å². The van der Waals surface area contributed by atoms with Crippen LogP contribution < -0.4 is 0 Å². The average molecular weight is 944 g/mol. The molecule has 0 saturated carbocycles. The van der Waals surface area contributed by atoms with E-state index in [9.17, 15) is 0 Å². The summed E-state index contributed by atoms with van der Waals surface area (Å²) < 4.78 is 4.92. The Balaban J connectivity index is 1.09. The molecule has 14 rings (SSSR count). The van der Waals surface area contributed by atoms with Crippen LogP contribution in [0.15, 0.2) is 273 Å². The summed E-state index contributed by atoms with van der Waals surface area (Å²) in [4.78, 5) is 15.8. The Morgan fingerprint density at radius 1 is 0.216 bits per heavy atom. The lowest BCUT2D eigenvalue weighted by molar-refractivity contribution is 1.07. The number of fused-ring (bicyclic) bond motifs is 6. The third kappa shape index (κ3) is 7.46. The monoisotopic (exact) mass is 943 g/mol. The van der Waals surface area contributed by atoms with Crippen molar-refractivity contribution in [1.82, 2.24) is 24.1 Å². The standard InChI is InChI=1S/C69H45N5/c1-5-19-46(20-6-1)48-33-37-50(38-34-48)60-43-54(69-71-67(52-23-9-3-10-24-52)70-68(72-69)53-25-11-4-12-26-53)44-61(51-39-35-49(36-40-51)47-21-7-2-8-22-47)66(60)74-64-32-18-15-29-58(64)59-42-41-55(45-65(59)74)73-62-30-16-13-27-56(62)57-28-14-17-31-63(57)73/h1-45H. The molecule has 0 amide bonds. The van der Waals surface area contributed by atoms with E-state index >= 15 is 0 Å². The van der Waals surface area contributed by atoms with Gasteiger partial charge in [-0.05, 0) is 75.8 Å². The Morgan fingerprint density at radius 3 is 0.973 bits per heavy atom. The van der Waals surface area contributed by atoms with Crippen molar-refractivity contribution in [1.29, 1.82) is 0 Å². The number of para-hydroxylation sites is 3. The minimum Gasteiger partial charge on any atom is -0.309 e. The van der Waals surface area contributed by atoms with Crippen LogP contribution in [0.1, 0.15) is 0 Å². The van der Waals surface area contributed by atoms with Gasteiger partial charge in [-0.1, -0.05) is 231 Å². The van der Waals surface area contributed by atoms with Crippen LogP contribution in [0.5, 0.6) is 0 Å². The number of rotatable bonds is 9. The number of aromatic nitrogens is 5. The van der Waals surface area contributed by atoms with Crippen LogP contribution in [0.3, 0.4) is 0 Å². The first-order valence-corrected chi connectivity index (χ1v) is 25.1. The molecule has 346 valence electrons. The molecule has 0 bridgehead atoms. The van der Waals surface area contributed by atoms with Crippen molar-refractivity contribution in [3.8, 4) is 90.0 Å².